The van der Waals surface area contributed by atoms with Crippen LogP contribution in [0.25, 0.3) is 0 Å². The summed E-state index contributed by atoms with van der Waals surface area (Å²) in [6.07, 6.45) is 7.70. The number of allylic oxidation sites excluding steroid dienone is 1. The zero-order valence-electron chi connectivity index (χ0n) is 19.4. The van der Waals surface area contributed by atoms with Crippen molar-refractivity contribution in [1.29, 1.82) is 0 Å². The Morgan fingerprint density at radius 2 is 1.88 bits per heavy atom. The number of aliphatic hydroxyl groups is 1. The summed E-state index contributed by atoms with van der Waals surface area (Å²) in [7, 11) is 0. The van der Waals surface area contributed by atoms with E-state index in [0.29, 0.717) is 18.3 Å². The summed E-state index contributed by atoms with van der Waals surface area (Å²) in [6.45, 7) is 6.54. The highest BCUT2D eigenvalue weighted by atomic mass is 16.7. The second kappa shape index (κ2) is 7.51. The van der Waals surface area contributed by atoms with E-state index in [1.54, 1.807) is 0 Å². The maximum atomic E-state index is 12.1. The standard InChI is InChI=1S/C27H35NO4/c1-25-14-13-19(29)15-18(25)9-10-20-21-11-12-23(27(3,30)17-7-5-4-6-8-17)26(21,2)16-22(24(20)25)32-28-31/h4-8,15,20-24,30H,9-14,16H2,1-3H3/t20-,21-,22-,23-,24+,25-,26-,27-/m0/s1. The average molecular weight is 438 g/mol. The lowest BCUT2D eigenvalue weighted by molar-refractivity contribution is -0.172. The number of nitrogens with zero attached hydrogens (tertiary/aromatic N) is 1. The molecular weight excluding hydrogens is 402 g/mol. The van der Waals surface area contributed by atoms with E-state index in [4.69, 9.17) is 4.84 Å². The SMILES string of the molecule is C[C@]12C[C@H](ON=O)[C@H]3[C@@H](CCC4=CC(=O)CC[C@@]43C)[C@@H]1CC[C@@H]2[C@@](C)(O)c1ccccc1. The first kappa shape index (κ1) is 21.8. The molecule has 0 spiro atoms. The van der Waals surface area contributed by atoms with Crippen LogP contribution < -0.4 is 0 Å². The van der Waals surface area contributed by atoms with Crippen LogP contribution in [0.3, 0.4) is 0 Å². The normalized spacial score (nSPS) is 42.7. The molecule has 1 N–H and O–H groups in total. The highest BCUT2D eigenvalue weighted by Gasteiger charge is 2.65. The van der Waals surface area contributed by atoms with Gasteiger partial charge in [0.2, 0.25) is 0 Å². The topological polar surface area (TPSA) is 76.0 Å². The predicted molar refractivity (Wildman–Crippen MR) is 122 cm³/mol. The molecule has 5 heteroatoms. The van der Waals surface area contributed by atoms with Gasteiger partial charge in [0.15, 0.2) is 11.1 Å². The molecule has 32 heavy (non-hydrogen) atoms. The number of carbonyl (C=O) groups is 1. The quantitative estimate of drug-likeness (QED) is 0.483. The van der Waals surface area contributed by atoms with Crippen molar-refractivity contribution in [3.05, 3.63) is 52.5 Å². The lowest BCUT2D eigenvalue weighted by atomic mass is 9.45. The van der Waals surface area contributed by atoms with E-state index in [0.717, 1.165) is 44.1 Å². The first-order valence-electron chi connectivity index (χ1n) is 12.2. The van der Waals surface area contributed by atoms with Gasteiger partial charge in [0.1, 0.15) is 6.10 Å². The third-order valence-electron chi connectivity index (χ3n) is 10.1. The Labute approximate surface area is 190 Å². The molecule has 1 aromatic carbocycles. The van der Waals surface area contributed by atoms with E-state index in [9.17, 15) is 14.8 Å². The second-order valence-electron chi connectivity index (χ2n) is 11.5. The van der Waals surface area contributed by atoms with Gasteiger partial charge in [-0.1, -0.05) is 49.8 Å². The van der Waals surface area contributed by atoms with Crippen molar-refractivity contribution in [2.45, 2.75) is 77.4 Å². The van der Waals surface area contributed by atoms with Crippen LogP contribution in [0.2, 0.25) is 0 Å². The van der Waals surface area contributed by atoms with Crippen molar-refractivity contribution >= 4 is 5.78 Å². The highest BCUT2D eigenvalue weighted by molar-refractivity contribution is 5.91. The summed E-state index contributed by atoms with van der Waals surface area (Å²) < 4.78 is 0. The number of benzene rings is 1. The van der Waals surface area contributed by atoms with E-state index >= 15 is 0 Å². The van der Waals surface area contributed by atoms with Gasteiger partial charge in [0, 0.05) is 12.3 Å². The number of carbonyl (C=O) groups excluding carboxylic acids is 1. The molecule has 0 saturated heterocycles. The summed E-state index contributed by atoms with van der Waals surface area (Å²) in [5, 5.41) is 14.7. The van der Waals surface area contributed by atoms with Crippen LogP contribution in [-0.4, -0.2) is 17.0 Å². The average Bonchev–Trinajstić information content (AvgIpc) is 3.12. The Morgan fingerprint density at radius 3 is 2.59 bits per heavy atom. The molecule has 0 amide bonds. The van der Waals surface area contributed by atoms with Gasteiger partial charge in [-0.15, -0.1) is 4.91 Å². The number of fused-ring (bicyclic) bond motifs is 5. The molecular formula is C27H35NO4. The van der Waals surface area contributed by atoms with Gasteiger partial charge >= 0.3 is 0 Å². The van der Waals surface area contributed by atoms with Crippen molar-refractivity contribution < 1.29 is 14.7 Å². The van der Waals surface area contributed by atoms with E-state index < -0.39 is 5.60 Å². The van der Waals surface area contributed by atoms with E-state index in [1.165, 1.54) is 5.57 Å². The fourth-order valence-electron chi connectivity index (χ4n) is 8.70. The van der Waals surface area contributed by atoms with Gasteiger partial charge in [-0.25, -0.2) is 0 Å². The van der Waals surface area contributed by atoms with Crippen LogP contribution in [0.5, 0.6) is 0 Å². The van der Waals surface area contributed by atoms with Crippen LogP contribution in [0, 0.1) is 39.4 Å². The maximum Gasteiger partial charge on any atom is 0.155 e. The van der Waals surface area contributed by atoms with Crippen molar-refractivity contribution in [3.63, 3.8) is 0 Å². The van der Waals surface area contributed by atoms with E-state index in [1.807, 2.05) is 43.3 Å². The van der Waals surface area contributed by atoms with Crippen molar-refractivity contribution in [3.8, 4) is 0 Å². The highest BCUT2D eigenvalue weighted by Crippen LogP contribution is 2.69. The molecule has 4 aliphatic rings. The van der Waals surface area contributed by atoms with Crippen LogP contribution in [0.15, 0.2) is 47.3 Å². The Balaban J connectivity index is 1.54. The van der Waals surface area contributed by atoms with Gasteiger partial charge in [-0.05, 0) is 85.7 Å². The number of hydrogen-bond donors (Lipinski definition) is 1. The van der Waals surface area contributed by atoms with Crippen LogP contribution >= 0.6 is 0 Å². The Kier molecular flexibility index (Phi) is 5.12. The first-order chi connectivity index (χ1) is 15.2. The van der Waals surface area contributed by atoms with Gasteiger partial charge in [0.25, 0.3) is 0 Å². The minimum atomic E-state index is -0.947. The fraction of sp³-hybridized carbons (Fsp3) is 0.667. The summed E-state index contributed by atoms with van der Waals surface area (Å²) in [5.41, 5.74) is 0.985. The Hall–Kier alpha value is -2.01. The molecule has 0 unspecified atom stereocenters. The van der Waals surface area contributed by atoms with Crippen molar-refractivity contribution in [2.75, 3.05) is 0 Å². The zero-order valence-corrected chi connectivity index (χ0v) is 19.4. The second-order valence-corrected chi connectivity index (χ2v) is 11.5. The lowest BCUT2D eigenvalue weighted by Gasteiger charge is -2.60. The predicted octanol–water partition coefficient (Wildman–Crippen LogP) is 5.72. The van der Waals surface area contributed by atoms with Gasteiger partial charge < -0.3 is 9.94 Å². The third kappa shape index (κ3) is 3.03. The Morgan fingerprint density at radius 1 is 1.12 bits per heavy atom. The van der Waals surface area contributed by atoms with Crippen LogP contribution in [0.1, 0.15) is 71.3 Å². The number of rotatable bonds is 4. The summed E-state index contributed by atoms with van der Waals surface area (Å²) in [4.78, 5) is 29.1. The molecule has 3 fully saturated rings. The van der Waals surface area contributed by atoms with Crippen LogP contribution in [-0.2, 0) is 15.2 Å². The molecule has 4 aliphatic carbocycles. The molecule has 5 rings (SSSR count). The molecule has 0 aliphatic heterocycles. The summed E-state index contributed by atoms with van der Waals surface area (Å²) in [6, 6.07) is 9.98. The maximum absolute atomic E-state index is 12.1. The Bertz CT molecular complexity index is 940. The summed E-state index contributed by atoms with van der Waals surface area (Å²) in [5.74, 6) is 1.37. The largest absolute Gasteiger partial charge is 0.385 e. The van der Waals surface area contributed by atoms with Gasteiger partial charge in [-0.2, -0.15) is 0 Å². The molecule has 0 heterocycles. The first-order valence-corrected chi connectivity index (χ1v) is 12.2. The molecule has 0 radical (unpaired) electrons. The van der Waals surface area contributed by atoms with E-state index in [-0.39, 0.29) is 34.6 Å². The molecule has 1 aromatic rings. The molecule has 3 saturated carbocycles. The molecule has 5 nitrogen and oxygen atoms in total. The molecule has 0 bridgehead atoms. The van der Waals surface area contributed by atoms with Crippen molar-refractivity contribution in [1.82, 2.24) is 0 Å². The van der Waals surface area contributed by atoms with Crippen LogP contribution in [0.4, 0.5) is 0 Å². The zero-order chi connectivity index (χ0) is 22.7. The minimum Gasteiger partial charge on any atom is -0.385 e. The van der Waals surface area contributed by atoms with E-state index in [2.05, 4.69) is 19.2 Å². The van der Waals surface area contributed by atoms with Gasteiger partial charge in [-0.3, -0.25) is 4.79 Å². The monoisotopic (exact) mass is 437 g/mol. The van der Waals surface area contributed by atoms with Crippen molar-refractivity contribution in [2.24, 2.45) is 39.8 Å². The minimum absolute atomic E-state index is 0.0822. The smallest absolute Gasteiger partial charge is 0.155 e. The number of ketones is 1. The molecule has 0 aromatic heterocycles. The fourth-order valence-corrected chi connectivity index (χ4v) is 8.70. The molecule has 8 atom stereocenters. The lowest BCUT2D eigenvalue weighted by Crippen LogP contribution is -2.58. The number of hydrogen-bond acceptors (Lipinski definition) is 5. The molecule has 172 valence electrons. The van der Waals surface area contributed by atoms with Gasteiger partial charge in [0.05, 0.1) is 5.60 Å². The third-order valence-corrected chi connectivity index (χ3v) is 10.1. The summed E-state index contributed by atoms with van der Waals surface area (Å²) >= 11 is 0.